The average Bonchev–Trinajstić information content (AvgIpc) is 3.08. The average molecular weight is 407 g/mol. The SMILES string of the molecule is CN(C)C(=O)CNC(=NCc1ccc(Br)cc1)N(C)Cc1ccco1. The summed E-state index contributed by atoms with van der Waals surface area (Å²) in [5.41, 5.74) is 1.09. The minimum absolute atomic E-state index is 0.0114. The van der Waals surface area contributed by atoms with Crippen molar-refractivity contribution in [1.82, 2.24) is 15.1 Å². The van der Waals surface area contributed by atoms with E-state index in [4.69, 9.17) is 4.42 Å². The van der Waals surface area contributed by atoms with Crippen LogP contribution in [0.1, 0.15) is 11.3 Å². The molecule has 7 heteroatoms. The molecule has 1 heterocycles. The number of carbonyl (C=O) groups is 1. The Kier molecular flexibility index (Phi) is 7.06. The first-order valence-electron chi connectivity index (χ1n) is 7.92. The Morgan fingerprint density at radius 1 is 1.20 bits per heavy atom. The molecule has 6 nitrogen and oxygen atoms in total. The maximum Gasteiger partial charge on any atom is 0.241 e. The van der Waals surface area contributed by atoms with Crippen molar-refractivity contribution in [3.8, 4) is 0 Å². The summed E-state index contributed by atoms with van der Waals surface area (Å²) in [5.74, 6) is 1.47. The number of nitrogens with zero attached hydrogens (tertiary/aromatic N) is 3. The molecule has 0 unspecified atom stereocenters. The summed E-state index contributed by atoms with van der Waals surface area (Å²) in [6.45, 7) is 1.28. The maximum atomic E-state index is 11.9. The Bertz CT molecular complexity index is 696. The Balaban J connectivity index is 2.07. The second-order valence-corrected chi connectivity index (χ2v) is 6.76. The zero-order valence-corrected chi connectivity index (χ0v) is 16.3. The highest BCUT2D eigenvalue weighted by Gasteiger charge is 2.11. The van der Waals surface area contributed by atoms with Crippen LogP contribution in [0.15, 0.2) is 56.5 Å². The van der Waals surface area contributed by atoms with Gasteiger partial charge in [-0.2, -0.15) is 0 Å². The van der Waals surface area contributed by atoms with E-state index in [-0.39, 0.29) is 12.5 Å². The summed E-state index contributed by atoms with van der Waals surface area (Å²) in [7, 11) is 5.38. The predicted molar refractivity (Wildman–Crippen MR) is 102 cm³/mol. The van der Waals surface area contributed by atoms with E-state index >= 15 is 0 Å². The van der Waals surface area contributed by atoms with Crippen LogP contribution >= 0.6 is 15.9 Å². The highest BCUT2D eigenvalue weighted by molar-refractivity contribution is 9.10. The normalized spacial score (nSPS) is 11.3. The highest BCUT2D eigenvalue weighted by Crippen LogP contribution is 2.11. The Morgan fingerprint density at radius 2 is 1.92 bits per heavy atom. The molecular weight excluding hydrogens is 384 g/mol. The number of hydrogen-bond donors (Lipinski definition) is 1. The van der Waals surface area contributed by atoms with Crippen molar-refractivity contribution in [1.29, 1.82) is 0 Å². The van der Waals surface area contributed by atoms with E-state index in [1.807, 2.05) is 48.3 Å². The molecule has 1 aromatic carbocycles. The molecule has 0 radical (unpaired) electrons. The first-order chi connectivity index (χ1) is 12.0. The van der Waals surface area contributed by atoms with Crippen LogP contribution in [-0.4, -0.2) is 49.4 Å². The third-order valence-corrected chi connectivity index (χ3v) is 4.08. The fraction of sp³-hybridized carbons (Fsp3) is 0.333. The summed E-state index contributed by atoms with van der Waals surface area (Å²) in [5, 5.41) is 3.13. The summed E-state index contributed by atoms with van der Waals surface area (Å²) in [6.07, 6.45) is 1.64. The van der Waals surface area contributed by atoms with Gasteiger partial charge < -0.3 is 19.5 Å². The molecule has 2 rings (SSSR count). The summed E-state index contributed by atoms with van der Waals surface area (Å²) in [6, 6.07) is 11.8. The lowest BCUT2D eigenvalue weighted by Gasteiger charge is -2.22. The standard InChI is InChI=1S/C18H23BrN4O2/c1-22(2)17(24)12-21-18(23(3)13-16-5-4-10-25-16)20-11-14-6-8-15(19)9-7-14/h4-10H,11-13H2,1-3H3,(H,20,21). The molecule has 0 aliphatic heterocycles. The minimum Gasteiger partial charge on any atom is -0.467 e. The molecule has 2 aromatic rings. The van der Waals surface area contributed by atoms with Crippen molar-refractivity contribution in [3.05, 3.63) is 58.5 Å². The van der Waals surface area contributed by atoms with E-state index in [9.17, 15) is 4.79 Å². The van der Waals surface area contributed by atoms with Gasteiger partial charge in [0, 0.05) is 25.6 Å². The number of hydrogen-bond acceptors (Lipinski definition) is 3. The highest BCUT2D eigenvalue weighted by atomic mass is 79.9. The molecule has 0 spiro atoms. The molecule has 25 heavy (non-hydrogen) atoms. The zero-order chi connectivity index (χ0) is 18.2. The number of carbonyl (C=O) groups excluding carboxylic acids is 1. The van der Waals surface area contributed by atoms with Crippen molar-refractivity contribution in [3.63, 3.8) is 0 Å². The van der Waals surface area contributed by atoms with E-state index in [2.05, 4.69) is 26.2 Å². The maximum absolute atomic E-state index is 11.9. The third-order valence-electron chi connectivity index (χ3n) is 3.56. The molecule has 1 aromatic heterocycles. The molecule has 0 atom stereocenters. The molecule has 0 saturated heterocycles. The number of guanidine groups is 1. The summed E-state index contributed by atoms with van der Waals surface area (Å²) >= 11 is 3.43. The number of rotatable bonds is 6. The summed E-state index contributed by atoms with van der Waals surface area (Å²) < 4.78 is 6.42. The fourth-order valence-corrected chi connectivity index (χ4v) is 2.36. The number of aliphatic imine (C=N–C) groups is 1. The first kappa shape index (κ1) is 19.1. The van der Waals surface area contributed by atoms with Crippen LogP contribution in [0.25, 0.3) is 0 Å². The van der Waals surface area contributed by atoms with Gasteiger partial charge in [-0.05, 0) is 29.8 Å². The van der Waals surface area contributed by atoms with Gasteiger partial charge >= 0.3 is 0 Å². The van der Waals surface area contributed by atoms with Crippen LogP contribution in [0, 0.1) is 0 Å². The van der Waals surface area contributed by atoms with Crippen molar-refractivity contribution in [2.75, 3.05) is 27.7 Å². The smallest absolute Gasteiger partial charge is 0.241 e. The van der Waals surface area contributed by atoms with E-state index < -0.39 is 0 Å². The topological polar surface area (TPSA) is 61.1 Å². The lowest BCUT2D eigenvalue weighted by molar-refractivity contribution is -0.127. The lowest BCUT2D eigenvalue weighted by atomic mass is 10.2. The van der Waals surface area contributed by atoms with Crippen LogP contribution in [-0.2, 0) is 17.9 Å². The van der Waals surface area contributed by atoms with Crippen LogP contribution in [0.2, 0.25) is 0 Å². The van der Waals surface area contributed by atoms with Crippen LogP contribution in [0.4, 0.5) is 0 Å². The molecule has 0 aliphatic carbocycles. The molecule has 134 valence electrons. The number of halogens is 1. The number of furan rings is 1. The Morgan fingerprint density at radius 3 is 2.52 bits per heavy atom. The largest absolute Gasteiger partial charge is 0.467 e. The van der Waals surface area contributed by atoms with Crippen LogP contribution < -0.4 is 5.32 Å². The van der Waals surface area contributed by atoms with Gasteiger partial charge in [0.05, 0.1) is 25.9 Å². The third kappa shape index (κ3) is 6.26. The van der Waals surface area contributed by atoms with Crippen LogP contribution in [0.3, 0.4) is 0 Å². The van der Waals surface area contributed by atoms with E-state index in [1.54, 1.807) is 25.3 Å². The van der Waals surface area contributed by atoms with Gasteiger partial charge in [-0.25, -0.2) is 4.99 Å². The van der Waals surface area contributed by atoms with Gasteiger partial charge in [0.15, 0.2) is 5.96 Å². The van der Waals surface area contributed by atoms with E-state index in [0.29, 0.717) is 19.0 Å². The van der Waals surface area contributed by atoms with Gasteiger partial charge in [-0.3, -0.25) is 4.79 Å². The second-order valence-electron chi connectivity index (χ2n) is 5.84. The zero-order valence-electron chi connectivity index (χ0n) is 14.7. The van der Waals surface area contributed by atoms with Crippen molar-refractivity contribution in [2.45, 2.75) is 13.1 Å². The molecule has 1 N–H and O–H groups in total. The lowest BCUT2D eigenvalue weighted by Crippen LogP contribution is -2.43. The molecule has 0 fully saturated rings. The number of amides is 1. The number of nitrogens with one attached hydrogen (secondary N) is 1. The van der Waals surface area contributed by atoms with Crippen molar-refractivity contribution < 1.29 is 9.21 Å². The quantitative estimate of drug-likeness (QED) is 0.591. The fourth-order valence-electron chi connectivity index (χ4n) is 2.09. The van der Waals surface area contributed by atoms with Gasteiger partial charge in [-0.1, -0.05) is 28.1 Å². The molecular formula is C18H23BrN4O2. The Labute approximate surface area is 156 Å². The van der Waals surface area contributed by atoms with E-state index in [1.165, 1.54) is 0 Å². The van der Waals surface area contributed by atoms with Crippen molar-refractivity contribution >= 4 is 27.8 Å². The van der Waals surface area contributed by atoms with Gasteiger partial charge in [0.2, 0.25) is 5.91 Å². The van der Waals surface area contributed by atoms with Crippen LogP contribution in [0.5, 0.6) is 0 Å². The number of benzene rings is 1. The van der Waals surface area contributed by atoms with Gasteiger partial charge in [0.1, 0.15) is 5.76 Å². The monoisotopic (exact) mass is 406 g/mol. The van der Waals surface area contributed by atoms with Gasteiger partial charge in [0.25, 0.3) is 0 Å². The van der Waals surface area contributed by atoms with Gasteiger partial charge in [-0.15, -0.1) is 0 Å². The molecule has 1 amide bonds. The summed E-state index contributed by atoms with van der Waals surface area (Å²) in [4.78, 5) is 20.0. The molecule has 0 aliphatic rings. The number of likely N-dealkylation sites (N-methyl/N-ethyl adjacent to an activating group) is 1. The minimum atomic E-state index is -0.0114. The Hall–Kier alpha value is -2.28. The van der Waals surface area contributed by atoms with E-state index in [0.717, 1.165) is 15.8 Å². The first-order valence-corrected chi connectivity index (χ1v) is 8.71. The van der Waals surface area contributed by atoms with Crippen molar-refractivity contribution in [2.24, 2.45) is 4.99 Å². The molecule has 0 bridgehead atoms. The molecule has 0 saturated carbocycles. The second kappa shape index (κ2) is 9.27. The predicted octanol–water partition coefficient (Wildman–Crippen LogP) is 2.71.